The van der Waals surface area contributed by atoms with Crippen LogP contribution in [0, 0.1) is 11.3 Å². The number of H-pyrrole nitrogens is 1. The summed E-state index contributed by atoms with van der Waals surface area (Å²) in [7, 11) is 0. The maximum Gasteiger partial charge on any atom is 0.407 e. The number of carbonyl (C=O) groups is 3. The normalized spacial score (nSPS) is 15.0. The molecule has 1 saturated heterocycles. The van der Waals surface area contributed by atoms with Crippen LogP contribution in [0.1, 0.15) is 63.4 Å². The molecule has 11 heteroatoms. The van der Waals surface area contributed by atoms with Gasteiger partial charge in [-0.3, -0.25) is 14.4 Å². The summed E-state index contributed by atoms with van der Waals surface area (Å²) in [5.74, 6) is -0.0934. The van der Waals surface area contributed by atoms with Crippen molar-refractivity contribution in [3.63, 3.8) is 0 Å². The number of pyridine rings is 1. The van der Waals surface area contributed by atoms with Crippen LogP contribution in [0.2, 0.25) is 0 Å². The first-order valence-electron chi connectivity index (χ1n) is 15.1. The molecule has 44 heavy (non-hydrogen) atoms. The van der Waals surface area contributed by atoms with E-state index >= 15 is 0 Å². The van der Waals surface area contributed by atoms with Gasteiger partial charge in [0.25, 0.3) is 5.56 Å². The van der Waals surface area contributed by atoms with Crippen molar-refractivity contribution < 1.29 is 23.9 Å². The van der Waals surface area contributed by atoms with Gasteiger partial charge in [0, 0.05) is 31.4 Å². The van der Waals surface area contributed by atoms with Crippen molar-refractivity contribution in [2.45, 2.75) is 71.9 Å². The number of hydrogen-bond donors (Lipinski definition) is 3. The van der Waals surface area contributed by atoms with Gasteiger partial charge in [-0.05, 0) is 67.2 Å². The molecule has 3 aromatic rings. The zero-order valence-electron chi connectivity index (χ0n) is 25.8. The lowest BCUT2D eigenvalue weighted by Crippen LogP contribution is -2.43. The lowest BCUT2D eigenvalue weighted by Gasteiger charge is -2.22. The molecule has 1 fully saturated rings. The first-order chi connectivity index (χ1) is 21.0. The van der Waals surface area contributed by atoms with Crippen molar-refractivity contribution in [3.05, 3.63) is 76.0 Å². The summed E-state index contributed by atoms with van der Waals surface area (Å²) in [6.45, 7) is 8.25. The van der Waals surface area contributed by atoms with Crippen LogP contribution in [0.25, 0.3) is 11.0 Å². The molecule has 0 bridgehead atoms. The van der Waals surface area contributed by atoms with Gasteiger partial charge < -0.3 is 30.1 Å². The quantitative estimate of drug-likeness (QED) is 0.250. The largest absolute Gasteiger partial charge is 0.449 e. The van der Waals surface area contributed by atoms with Gasteiger partial charge >= 0.3 is 6.09 Å². The number of nitrogens with zero attached hydrogens (tertiary/aromatic N) is 2. The van der Waals surface area contributed by atoms with Crippen molar-refractivity contribution in [1.29, 1.82) is 0 Å². The Kier molecular flexibility index (Phi) is 11.1. The second kappa shape index (κ2) is 15.0. The SMILES string of the molecule is CC(C)(C)Cc1cccc2[nH]c(Cn3cccc(CC(=O)[C@H](CC/C=C/C(N)=O)NC(=O)OCC4CCOCC4)c3=O)nc12. The summed E-state index contributed by atoms with van der Waals surface area (Å²) in [4.78, 5) is 58.6. The van der Waals surface area contributed by atoms with E-state index in [4.69, 9.17) is 20.2 Å². The molecule has 2 amide bonds. The standard InChI is InChI=1S/C33H43N5O6/c1-33(2,3)19-24-8-6-11-26-30(24)37-29(35-26)20-38-15-7-9-23(31(38)41)18-27(39)25(10-4-5-12-28(34)40)36-32(42)44-21-22-13-16-43-17-14-22/h5-9,11-12,15,22,25H,4,10,13-14,16-21H2,1-3H3,(H2,34,40)(H,35,37)(H,36,42)/b12-5+/t25-/m0/s1. The zero-order chi connectivity index (χ0) is 31.7. The van der Waals surface area contributed by atoms with Crippen LogP contribution in [0.4, 0.5) is 4.79 Å². The van der Waals surface area contributed by atoms with Gasteiger partial charge in [0.2, 0.25) is 5.91 Å². The lowest BCUT2D eigenvalue weighted by molar-refractivity contribution is -0.120. The van der Waals surface area contributed by atoms with Gasteiger partial charge in [0.05, 0.1) is 30.2 Å². The summed E-state index contributed by atoms with van der Waals surface area (Å²) in [5, 5.41) is 2.66. The number of aromatic nitrogens is 3. The third-order valence-corrected chi connectivity index (χ3v) is 7.53. The van der Waals surface area contributed by atoms with Crippen LogP contribution in [-0.2, 0) is 38.4 Å². The van der Waals surface area contributed by atoms with E-state index in [1.807, 2.05) is 12.1 Å². The Morgan fingerprint density at radius 2 is 1.93 bits per heavy atom. The Balaban J connectivity index is 1.45. The summed E-state index contributed by atoms with van der Waals surface area (Å²) >= 11 is 0. The minimum Gasteiger partial charge on any atom is -0.449 e. The van der Waals surface area contributed by atoms with Crippen molar-refractivity contribution in [3.8, 4) is 0 Å². The highest BCUT2D eigenvalue weighted by atomic mass is 16.5. The van der Waals surface area contributed by atoms with Gasteiger partial charge in [0.15, 0.2) is 5.78 Å². The Labute approximate surface area is 257 Å². The number of nitrogens with one attached hydrogen (secondary N) is 2. The first kappa shape index (κ1) is 32.7. The maximum atomic E-state index is 13.4. The third kappa shape index (κ3) is 9.63. The fourth-order valence-electron chi connectivity index (χ4n) is 5.32. The number of Topliss-reactive ketones (excluding diaryl/α,β-unsaturated/α-hetero) is 1. The number of nitrogens with two attached hydrogens (primary N) is 1. The zero-order valence-corrected chi connectivity index (χ0v) is 25.8. The summed E-state index contributed by atoms with van der Waals surface area (Å²) in [6, 6.07) is 8.46. The van der Waals surface area contributed by atoms with E-state index < -0.39 is 18.0 Å². The first-order valence-corrected chi connectivity index (χ1v) is 15.1. The molecule has 0 spiro atoms. The van der Waals surface area contributed by atoms with Crippen molar-refractivity contribution >= 4 is 28.8 Å². The highest BCUT2D eigenvalue weighted by Crippen LogP contribution is 2.25. The number of ether oxygens (including phenoxy) is 2. The van der Waals surface area contributed by atoms with Crippen LogP contribution < -0.4 is 16.6 Å². The number of rotatable bonds is 13. The molecule has 1 atom stereocenters. The summed E-state index contributed by atoms with van der Waals surface area (Å²) < 4.78 is 12.3. The molecular formula is C33H43N5O6. The number of ketones is 1. The molecule has 4 N–H and O–H groups in total. The smallest absolute Gasteiger partial charge is 0.407 e. The van der Waals surface area contributed by atoms with E-state index in [1.165, 1.54) is 10.6 Å². The van der Waals surface area contributed by atoms with Crippen molar-refractivity contribution in [2.75, 3.05) is 19.8 Å². The minimum atomic E-state index is -0.917. The van der Waals surface area contributed by atoms with Crippen molar-refractivity contribution in [2.24, 2.45) is 17.1 Å². The molecule has 3 heterocycles. The number of allylic oxidation sites excluding steroid dienone is 1. The van der Waals surface area contributed by atoms with Gasteiger partial charge in [-0.2, -0.15) is 0 Å². The molecule has 236 valence electrons. The molecule has 0 aliphatic carbocycles. The minimum absolute atomic E-state index is 0.0948. The van der Waals surface area contributed by atoms with Crippen LogP contribution in [0.3, 0.4) is 0 Å². The number of para-hydroxylation sites is 1. The van der Waals surface area contributed by atoms with E-state index in [-0.39, 0.29) is 48.7 Å². The number of alkyl carbamates (subject to hydrolysis) is 1. The molecule has 1 aromatic carbocycles. The molecule has 1 aliphatic heterocycles. The number of hydrogen-bond acceptors (Lipinski definition) is 7. The number of aromatic amines is 1. The highest BCUT2D eigenvalue weighted by Gasteiger charge is 2.24. The molecule has 1 aliphatic rings. The van der Waals surface area contributed by atoms with E-state index in [1.54, 1.807) is 24.4 Å². The average molecular weight is 606 g/mol. The molecule has 4 rings (SSSR count). The van der Waals surface area contributed by atoms with Gasteiger partial charge in [-0.25, -0.2) is 9.78 Å². The highest BCUT2D eigenvalue weighted by molar-refractivity contribution is 5.89. The average Bonchev–Trinajstić information content (AvgIpc) is 3.39. The van der Waals surface area contributed by atoms with Crippen LogP contribution >= 0.6 is 0 Å². The van der Waals surface area contributed by atoms with E-state index in [9.17, 15) is 19.2 Å². The molecule has 11 nitrogen and oxygen atoms in total. The fraction of sp³-hybridized carbons (Fsp3) is 0.485. The third-order valence-electron chi connectivity index (χ3n) is 7.53. The van der Waals surface area contributed by atoms with E-state index in [0.29, 0.717) is 31.0 Å². The van der Waals surface area contributed by atoms with Crippen LogP contribution in [0.15, 0.2) is 53.5 Å². The topological polar surface area (TPSA) is 158 Å². The van der Waals surface area contributed by atoms with Gasteiger partial charge in [-0.1, -0.05) is 45.0 Å². The van der Waals surface area contributed by atoms with Crippen LogP contribution in [-0.4, -0.2) is 58.2 Å². The molecule has 0 saturated carbocycles. The second-order valence-electron chi connectivity index (χ2n) is 12.6. The van der Waals surface area contributed by atoms with E-state index in [2.05, 4.69) is 37.1 Å². The lowest BCUT2D eigenvalue weighted by atomic mass is 9.88. The number of primary amides is 1. The molecule has 2 aromatic heterocycles. The number of amides is 2. The molecule has 0 radical (unpaired) electrons. The Bertz CT molecular complexity index is 1540. The Morgan fingerprint density at radius 1 is 1.18 bits per heavy atom. The number of fused-ring (bicyclic) bond motifs is 1. The van der Waals surface area contributed by atoms with Gasteiger partial charge in [0.1, 0.15) is 5.82 Å². The fourth-order valence-corrected chi connectivity index (χ4v) is 5.32. The number of imidazole rings is 1. The second-order valence-corrected chi connectivity index (χ2v) is 12.6. The van der Waals surface area contributed by atoms with Crippen LogP contribution in [0.5, 0.6) is 0 Å². The number of benzene rings is 1. The molecule has 0 unspecified atom stereocenters. The summed E-state index contributed by atoms with van der Waals surface area (Å²) in [5.41, 5.74) is 8.18. The predicted molar refractivity (Wildman–Crippen MR) is 167 cm³/mol. The van der Waals surface area contributed by atoms with Gasteiger partial charge in [-0.15, -0.1) is 0 Å². The number of carbonyl (C=O) groups excluding carboxylic acids is 3. The molecular weight excluding hydrogens is 562 g/mol. The predicted octanol–water partition coefficient (Wildman–Crippen LogP) is 3.82. The summed E-state index contributed by atoms with van der Waals surface area (Å²) in [6.07, 6.45) is 6.56. The maximum absolute atomic E-state index is 13.4. The monoisotopic (exact) mass is 605 g/mol. The van der Waals surface area contributed by atoms with E-state index in [0.717, 1.165) is 35.9 Å². The van der Waals surface area contributed by atoms with Crippen molar-refractivity contribution in [1.82, 2.24) is 19.9 Å². The Morgan fingerprint density at radius 3 is 2.66 bits per heavy atom. The Hall–Kier alpha value is -4.25.